The van der Waals surface area contributed by atoms with Crippen LogP contribution in [0.5, 0.6) is 0 Å². The average Bonchev–Trinajstić information content (AvgIpc) is 2.93. The number of nitrogens with zero attached hydrogens (tertiary/aromatic N) is 1. The number of carbonyl (C=O) groups excluding carboxylic acids is 2. The van der Waals surface area contributed by atoms with Gasteiger partial charge in [-0.05, 0) is 32.4 Å². The Labute approximate surface area is 142 Å². The Morgan fingerprint density at radius 1 is 1.38 bits per heavy atom. The van der Waals surface area contributed by atoms with Gasteiger partial charge < -0.3 is 20.1 Å². The van der Waals surface area contributed by atoms with Crippen LogP contribution in [0.1, 0.15) is 52.0 Å². The lowest BCUT2D eigenvalue weighted by atomic mass is 10.1. The van der Waals surface area contributed by atoms with E-state index in [1.54, 1.807) is 26.1 Å². The highest BCUT2D eigenvalue weighted by molar-refractivity contribution is 5.88. The van der Waals surface area contributed by atoms with Crippen LogP contribution in [0, 0.1) is 6.92 Å². The molecule has 7 nitrogen and oxygen atoms in total. The lowest BCUT2D eigenvalue weighted by Gasteiger charge is -2.16. The highest BCUT2D eigenvalue weighted by Gasteiger charge is 2.30. The topological polar surface area (TPSA) is 89.6 Å². The molecule has 0 saturated heterocycles. The van der Waals surface area contributed by atoms with Crippen molar-refractivity contribution in [3.05, 3.63) is 34.8 Å². The van der Waals surface area contributed by atoms with Gasteiger partial charge in [0.25, 0.3) is 0 Å². The number of aromatic nitrogens is 1. The van der Waals surface area contributed by atoms with E-state index in [1.807, 2.05) is 20.8 Å². The lowest BCUT2D eigenvalue weighted by Crippen LogP contribution is -2.17. The summed E-state index contributed by atoms with van der Waals surface area (Å²) in [6.07, 6.45) is 1.12. The molecule has 1 amide bonds. The van der Waals surface area contributed by atoms with Crippen LogP contribution in [0.3, 0.4) is 0 Å². The molecule has 0 radical (unpaired) electrons. The van der Waals surface area contributed by atoms with Gasteiger partial charge in [-0.15, -0.1) is 0 Å². The molecule has 24 heavy (non-hydrogen) atoms. The quantitative estimate of drug-likeness (QED) is 0.823. The van der Waals surface area contributed by atoms with E-state index in [4.69, 9.17) is 9.47 Å². The highest BCUT2D eigenvalue weighted by Crippen LogP contribution is 2.30. The van der Waals surface area contributed by atoms with Crippen LogP contribution in [-0.4, -0.2) is 23.5 Å². The monoisotopic (exact) mass is 335 g/mol. The van der Waals surface area contributed by atoms with E-state index in [0.29, 0.717) is 11.5 Å². The van der Waals surface area contributed by atoms with Crippen LogP contribution in [0.4, 0.5) is 5.82 Å². The van der Waals surface area contributed by atoms with Gasteiger partial charge >= 0.3 is 5.97 Å². The van der Waals surface area contributed by atoms with Gasteiger partial charge in [-0.1, -0.05) is 13.8 Å². The van der Waals surface area contributed by atoms with E-state index in [0.717, 1.165) is 11.1 Å². The van der Waals surface area contributed by atoms with E-state index >= 15 is 0 Å². The zero-order chi connectivity index (χ0) is 18.3. The first-order chi connectivity index (χ1) is 11.4. The summed E-state index contributed by atoms with van der Waals surface area (Å²) in [5, 5.41) is 5.72. The molecule has 2 rings (SSSR count). The molecule has 132 valence electrons. The van der Waals surface area contributed by atoms with Crippen molar-refractivity contribution in [2.45, 2.75) is 47.8 Å². The number of nitrogens with one attached hydrogen (secondary N) is 2. The molecule has 1 aromatic heterocycles. The third-order valence-electron chi connectivity index (χ3n) is 3.12. The molecule has 1 aliphatic rings. The van der Waals surface area contributed by atoms with Crippen LogP contribution in [0.15, 0.2) is 23.7 Å². The second-order valence-corrected chi connectivity index (χ2v) is 4.92. The van der Waals surface area contributed by atoms with Gasteiger partial charge in [-0.3, -0.25) is 4.79 Å². The minimum atomic E-state index is -0.519. The normalized spacial score (nSPS) is 15.7. The largest absolute Gasteiger partial charge is 0.460 e. The van der Waals surface area contributed by atoms with Crippen molar-refractivity contribution in [2.75, 3.05) is 11.9 Å². The maximum atomic E-state index is 11.8. The molecule has 0 fully saturated rings. The van der Waals surface area contributed by atoms with Gasteiger partial charge in [0.1, 0.15) is 5.82 Å². The molecule has 1 unspecified atom stereocenters. The molecule has 2 N–H and O–H groups in total. The van der Waals surface area contributed by atoms with Crippen molar-refractivity contribution < 1.29 is 19.1 Å². The predicted octanol–water partition coefficient (Wildman–Crippen LogP) is 2.79. The second kappa shape index (κ2) is 8.90. The van der Waals surface area contributed by atoms with Crippen molar-refractivity contribution in [3.63, 3.8) is 0 Å². The first-order valence-electron chi connectivity index (χ1n) is 7.97. The summed E-state index contributed by atoms with van der Waals surface area (Å²) in [4.78, 5) is 27.1. The molecule has 0 aromatic carbocycles. The van der Waals surface area contributed by atoms with E-state index < -0.39 is 12.2 Å². The predicted molar refractivity (Wildman–Crippen MR) is 90.9 cm³/mol. The summed E-state index contributed by atoms with van der Waals surface area (Å²) in [6, 6.07) is 1.72. The Morgan fingerprint density at radius 3 is 2.62 bits per heavy atom. The molecule has 0 aliphatic carbocycles. The molecule has 1 aliphatic heterocycles. The number of esters is 1. The van der Waals surface area contributed by atoms with Crippen molar-refractivity contribution in [2.24, 2.45) is 0 Å². The third kappa shape index (κ3) is 4.71. The SMILES string of the molecule is CC.CCOC(=O)C1=C(C)NC(c2cc(NC(C)=O)ncc2C)O1. The fourth-order valence-electron chi connectivity index (χ4n) is 2.11. The number of hydrogen-bond donors (Lipinski definition) is 2. The summed E-state index contributed by atoms with van der Waals surface area (Å²) in [5.74, 6) is -0.0993. The van der Waals surface area contributed by atoms with Crippen molar-refractivity contribution in [1.82, 2.24) is 10.3 Å². The molecular weight excluding hydrogens is 310 g/mol. The van der Waals surface area contributed by atoms with Gasteiger partial charge in [0.05, 0.1) is 12.3 Å². The van der Waals surface area contributed by atoms with Gasteiger partial charge in [0.15, 0.2) is 6.23 Å². The summed E-state index contributed by atoms with van der Waals surface area (Å²) in [5.41, 5.74) is 2.28. The minimum Gasteiger partial charge on any atom is -0.460 e. The summed E-state index contributed by atoms with van der Waals surface area (Å²) >= 11 is 0. The number of anilines is 1. The maximum Gasteiger partial charge on any atom is 0.375 e. The fraction of sp³-hybridized carbons (Fsp3) is 0.471. The molecule has 2 heterocycles. The number of ether oxygens (including phenoxy) is 2. The fourth-order valence-corrected chi connectivity index (χ4v) is 2.11. The first kappa shape index (κ1) is 19.5. The van der Waals surface area contributed by atoms with E-state index in [-0.39, 0.29) is 18.3 Å². The number of amides is 1. The Morgan fingerprint density at radius 2 is 2.04 bits per heavy atom. The molecule has 0 bridgehead atoms. The molecule has 0 saturated carbocycles. The van der Waals surface area contributed by atoms with Gasteiger partial charge in [-0.2, -0.15) is 0 Å². The van der Waals surface area contributed by atoms with Crippen LogP contribution < -0.4 is 10.6 Å². The summed E-state index contributed by atoms with van der Waals surface area (Å²) in [7, 11) is 0. The molecule has 0 spiro atoms. The van der Waals surface area contributed by atoms with Crippen LogP contribution in [-0.2, 0) is 19.1 Å². The first-order valence-corrected chi connectivity index (χ1v) is 7.97. The van der Waals surface area contributed by atoms with Gasteiger partial charge in [-0.25, -0.2) is 9.78 Å². The Hall–Kier alpha value is -2.57. The zero-order valence-electron chi connectivity index (χ0n) is 15.0. The summed E-state index contributed by atoms with van der Waals surface area (Å²) < 4.78 is 10.6. The molecule has 7 heteroatoms. The lowest BCUT2D eigenvalue weighted by molar-refractivity contribution is -0.143. The molecule has 1 atom stereocenters. The Bertz CT molecular complexity index is 641. The van der Waals surface area contributed by atoms with Crippen molar-refractivity contribution in [1.29, 1.82) is 0 Å². The number of rotatable bonds is 4. The molecule has 1 aromatic rings. The van der Waals surface area contributed by atoms with Crippen molar-refractivity contribution >= 4 is 17.7 Å². The Kier molecular flexibility index (Phi) is 7.23. The van der Waals surface area contributed by atoms with Gasteiger partial charge in [0, 0.05) is 18.7 Å². The van der Waals surface area contributed by atoms with E-state index in [1.165, 1.54) is 6.92 Å². The number of pyridine rings is 1. The minimum absolute atomic E-state index is 0.170. The highest BCUT2D eigenvalue weighted by atomic mass is 16.6. The smallest absolute Gasteiger partial charge is 0.375 e. The second-order valence-electron chi connectivity index (χ2n) is 4.92. The van der Waals surface area contributed by atoms with E-state index in [2.05, 4.69) is 15.6 Å². The van der Waals surface area contributed by atoms with Gasteiger partial charge in [0.2, 0.25) is 11.7 Å². The van der Waals surface area contributed by atoms with Crippen LogP contribution in [0.25, 0.3) is 0 Å². The Balaban J connectivity index is 0.00000139. The maximum absolute atomic E-state index is 11.8. The standard InChI is InChI=1S/C15H19N3O4.C2H6/c1-5-21-15(20)13-9(3)17-14(22-13)11-6-12(18-10(4)19)16-7-8(11)2;1-2/h6-7,14,17H,5H2,1-4H3,(H,16,18,19);1-2H3. The number of aryl methyl sites for hydroxylation is 1. The number of allylic oxidation sites excluding steroid dienone is 1. The van der Waals surface area contributed by atoms with E-state index in [9.17, 15) is 9.59 Å². The zero-order valence-corrected chi connectivity index (χ0v) is 15.0. The molecular formula is C17H25N3O4. The third-order valence-corrected chi connectivity index (χ3v) is 3.12. The number of hydrogen-bond acceptors (Lipinski definition) is 6. The van der Waals surface area contributed by atoms with Crippen molar-refractivity contribution in [3.8, 4) is 0 Å². The summed E-state index contributed by atoms with van der Waals surface area (Å²) in [6.45, 7) is 11.1. The average molecular weight is 335 g/mol. The van der Waals surface area contributed by atoms with Crippen LogP contribution in [0.2, 0.25) is 0 Å². The number of carbonyl (C=O) groups is 2. The van der Waals surface area contributed by atoms with Crippen LogP contribution >= 0.6 is 0 Å².